The fraction of sp³-hybridized carbons (Fsp3) is 0.500. The lowest BCUT2D eigenvalue weighted by molar-refractivity contribution is 0.0644. The summed E-state index contributed by atoms with van der Waals surface area (Å²) in [7, 11) is 0. The Hall–Kier alpha value is -0.580. The molecule has 0 bridgehead atoms. The molecule has 0 radical (unpaired) electrons. The van der Waals surface area contributed by atoms with Crippen LogP contribution in [0.4, 0.5) is 0 Å². The van der Waals surface area contributed by atoms with Crippen molar-refractivity contribution in [2.75, 3.05) is 38.1 Å². The molecule has 0 unspecified atom stereocenters. The monoisotopic (exact) mass is 344 g/mol. The minimum atomic E-state index is 0.0958. The number of amides is 1. The van der Waals surface area contributed by atoms with Crippen molar-refractivity contribution in [1.29, 1.82) is 0 Å². The molecule has 1 fully saturated rings. The average molecular weight is 346 g/mol. The Kier molecular flexibility index (Phi) is 5.25. The van der Waals surface area contributed by atoms with Gasteiger partial charge in [0.05, 0.1) is 0 Å². The largest absolute Gasteiger partial charge is 0.336 e. The van der Waals surface area contributed by atoms with Gasteiger partial charge in [0.15, 0.2) is 0 Å². The Morgan fingerprint density at radius 1 is 1.32 bits per heavy atom. The average Bonchev–Trinajstić information content (AvgIpc) is 2.42. The fourth-order valence-electron chi connectivity index (χ4n) is 2.30. The summed E-state index contributed by atoms with van der Waals surface area (Å²) in [5, 5.41) is 1.64. The number of hydrogen-bond donors (Lipinski definition) is 0. The van der Waals surface area contributed by atoms with Crippen LogP contribution in [-0.4, -0.2) is 53.8 Å². The highest BCUT2D eigenvalue weighted by Crippen LogP contribution is 2.20. The molecular weight excluding hydrogens is 328 g/mol. The molecule has 104 valence electrons. The quantitative estimate of drug-likeness (QED) is 0.787. The lowest BCUT2D eigenvalue weighted by atomic mass is 10.1. The van der Waals surface area contributed by atoms with E-state index in [0.29, 0.717) is 5.02 Å². The zero-order chi connectivity index (χ0) is 13.8. The lowest BCUT2D eigenvalue weighted by Crippen LogP contribution is -2.49. The number of nitrogens with zero attached hydrogens (tertiary/aromatic N) is 2. The van der Waals surface area contributed by atoms with Crippen LogP contribution in [0.25, 0.3) is 0 Å². The van der Waals surface area contributed by atoms with E-state index >= 15 is 0 Å². The highest BCUT2D eigenvalue weighted by atomic mass is 79.9. The second-order valence-electron chi connectivity index (χ2n) is 4.74. The molecule has 1 saturated heterocycles. The summed E-state index contributed by atoms with van der Waals surface area (Å²) in [4.78, 5) is 16.8. The summed E-state index contributed by atoms with van der Waals surface area (Å²) in [5.41, 5.74) is 1.60. The van der Waals surface area contributed by atoms with Gasteiger partial charge in [-0.25, -0.2) is 0 Å². The lowest BCUT2D eigenvalue weighted by Gasteiger charge is -2.34. The van der Waals surface area contributed by atoms with E-state index in [1.54, 1.807) is 0 Å². The number of carbonyl (C=O) groups is 1. The van der Waals surface area contributed by atoms with E-state index in [4.69, 9.17) is 11.6 Å². The number of piperazine rings is 1. The molecule has 0 aromatic heterocycles. The van der Waals surface area contributed by atoms with Gasteiger partial charge in [-0.15, -0.1) is 0 Å². The Bertz CT molecular complexity index is 459. The first-order valence-electron chi connectivity index (χ1n) is 6.46. The Balaban J connectivity index is 2.03. The first-order valence-corrected chi connectivity index (χ1v) is 7.96. The van der Waals surface area contributed by atoms with Crippen LogP contribution in [-0.2, 0) is 0 Å². The Morgan fingerprint density at radius 2 is 2.00 bits per heavy atom. The molecule has 0 atom stereocenters. The van der Waals surface area contributed by atoms with Crippen molar-refractivity contribution >= 4 is 33.4 Å². The minimum absolute atomic E-state index is 0.0958. The number of hydrogen-bond acceptors (Lipinski definition) is 2. The van der Waals surface area contributed by atoms with E-state index in [-0.39, 0.29) is 5.91 Å². The summed E-state index contributed by atoms with van der Waals surface area (Å²) < 4.78 is 0. The first kappa shape index (κ1) is 14.8. The van der Waals surface area contributed by atoms with Crippen LogP contribution in [0, 0.1) is 6.92 Å². The molecule has 2 rings (SSSR count). The predicted molar refractivity (Wildman–Crippen MR) is 82.3 cm³/mol. The summed E-state index contributed by atoms with van der Waals surface area (Å²) in [5.74, 6) is 0.0958. The Labute approximate surface area is 127 Å². The molecule has 1 heterocycles. The van der Waals surface area contributed by atoms with Gasteiger partial charge in [0.25, 0.3) is 5.91 Å². The molecule has 0 aliphatic carbocycles. The van der Waals surface area contributed by atoms with Crippen LogP contribution in [0.2, 0.25) is 5.02 Å². The zero-order valence-electron chi connectivity index (χ0n) is 11.0. The van der Waals surface area contributed by atoms with Crippen molar-refractivity contribution in [1.82, 2.24) is 9.80 Å². The van der Waals surface area contributed by atoms with Gasteiger partial charge in [-0.3, -0.25) is 9.69 Å². The summed E-state index contributed by atoms with van der Waals surface area (Å²) in [6, 6.07) is 5.51. The van der Waals surface area contributed by atoms with E-state index in [0.717, 1.165) is 49.2 Å². The number of benzene rings is 1. The topological polar surface area (TPSA) is 23.6 Å². The van der Waals surface area contributed by atoms with Crippen LogP contribution in [0.3, 0.4) is 0 Å². The van der Waals surface area contributed by atoms with E-state index in [1.165, 1.54) is 0 Å². The maximum absolute atomic E-state index is 12.5. The fourth-order valence-corrected chi connectivity index (χ4v) is 2.98. The number of carbonyl (C=O) groups excluding carboxylic acids is 1. The molecule has 19 heavy (non-hydrogen) atoms. The van der Waals surface area contributed by atoms with Gasteiger partial charge in [-0.05, 0) is 24.6 Å². The van der Waals surface area contributed by atoms with Gasteiger partial charge in [0, 0.05) is 48.6 Å². The third kappa shape index (κ3) is 3.50. The third-order valence-electron chi connectivity index (χ3n) is 3.56. The second kappa shape index (κ2) is 6.73. The molecule has 1 aromatic carbocycles. The smallest absolute Gasteiger partial charge is 0.254 e. The second-order valence-corrected chi connectivity index (χ2v) is 5.94. The standard InChI is InChI=1S/C14H18BrClN2O/c1-11-12(3-2-4-13(11)16)14(19)18-9-7-17(6-5-15)8-10-18/h2-4H,5-10H2,1H3. The molecule has 0 spiro atoms. The summed E-state index contributed by atoms with van der Waals surface area (Å²) >= 11 is 9.52. The van der Waals surface area contributed by atoms with Crippen molar-refractivity contribution < 1.29 is 4.79 Å². The van der Waals surface area contributed by atoms with E-state index < -0.39 is 0 Å². The SMILES string of the molecule is Cc1c(Cl)cccc1C(=O)N1CCN(CCBr)CC1. The molecule has 1 aliphatic heterocycles. The number of rotatable bonds is 3. The predicted octanol–water partition coefficient (Wildman–Crippen LogP) is 2.80. The van der Waals surface area contributed by atoms with E-state index in [2.05, 4.69) is 20.8 Å². The third-order valence-corrected chi connectivity index (χ3v) is 4.32. The zero-order valence-corrected chi connectivity index (χ0v) is 13.4. The maximum atomic E-state index is 12.5. The Morgan fingerprint density at radius 3 is 2.63 bits per heavy atom. The van der Waals surface area contributed by atoms with Gasteiger partial charge in [0.2, 0.25) is 0 Å². The van der Waals surface area contributed by atoms with Gasteiger partial charge in [0.1, 0.15) is 0 Å². The molecule has 1 amide bonds. The highest BCUT2D eigenvalue weighted by molar-refractivity contribution is 9.09. The molecular formula is C14H18BrClN2O. The summed E-state index contributed by atoms with van der Waals surface area (Å²) in [6.07, 6.45) is 0. The summed E-state index contributed by atoms with van der Waals surface area (Å²) in [6.45, 7) is 6.40. The van der Waals surface area contributed by atoms with Crippen LogP contribution in [0.5, 0.6) is 0 Å². The number of alkyl halides is 1. The van der Waals surface area contributed by atoms with Crippen molar-refractivity contribution in [3.8, 4) is 0 Å². The molecule has 0 saturated carbocycles. The van der Waals surface area contributed by atoms with Crippen LogP contribution in [0.1, 0.15) is 15.9 Å². The number of halogens is 2. The van der Waals surface area contributed by atoms with Gasteiger partial charge in [-0.1, -0.05) is 33.6 Å². The van der Waals surface area contributed by atoms with Gasteiger partial charge in [-0.2, -0.15) is 0 Å². The first-order chi connectivity index (χ1) is 9.13. The van der Waals surface area contributed by atoms with Crippen LogP contribution in [0.15, 0.2) is 18.2 Å². The highest BCUT2D eigenvalue weighted by Gasteiger charge is 2.23. The van der Waals surface area contributed by atoms with Gasteiger partial charge < -0.3 is 4.90 Å². The molecule has 5 heteroatoms. The van der Waals surface area contributed by atoms with E-state index in [1.807, 2.05) is 30.0 Å². The molecule has 1 aliphatic rings. The molecule has 1 aromatic rings. The minimum Gasteiger partial charge on any atom is -0.336 e. The van der Waals surface area contributed by atoms with Crippen LogP contribution < -0.4 is 0 Å². The van der Waals surface area contributed by atoms with Gasteiger partial charge >= 0.3 is 0 Å². The van der Waals surface area contributed by atoms with Crippen molar-refractivity contribution in [3.05, 3.63) is 34.3 Å². The van der Waals surface area contributed by atoms with Crippen molar-refractivity contribution in [3.63, 3.8) is 0 Å². The normalized spacial score (nSPS) is 16.7. The van der Waals surface area contributed by atoms with Crippen LogP contribution >= 0.6 is 27.5 Å². The molecule has 0 N–H and O–H groups in total. The van der Waals surface area contributed by atoms with Crippen molar-refractivity contribution in [2.45, 2.75) is 6.92 Å². The molecule has 3 nitrogen and oxygen atoms in total. The maximum Gasteiger partial charge on any atom is 0.254 e. The van der Waals surface area contributed by atoms with E-state index in [9.17, 15) is 4.79 Å². The van der Waals surface area contributed by atoms with Crippen molar-refractivity contribution in [2.24, 2.45) is 0 Å².